The van der Waals surface area contributed by atoms with Crippen molar-refractivity contribution in [1.29, 1.82) is 0 Å². The summed E-state index contributed by atoms with van der Waals surface area (Å²) in [6, 6.07) is 8.90. The standard InChI is InChI=1S/C21H31N5S.HI/c1-17-13-23-20(27-17)15-25-21(22-2)24-14-18-8-7-9-19(12-18)16-26-10-5-3-4-6-11-26;/h7-9,12-13H,3-6,10-11,14-16H2,1-2H3,(H2,22,24,25);1H. The van der Waals surface area contributed by atoms with Crippen LogP contribution in [0.15, 0.2) is 35.5 Å². The summed E-state index contributed by atoms with van der Waals surface area (Å²) in [5.41, 5.74) is 2.69. The maximum Gasteiger partial charge on any atom is 0.191 e. The summed E-state index contributed by atoms with van der Waals surface area (Å²) in [4.78, 5) is 12.5. The lowest BCUT2D eigenvalue weighted by Gasteiger charge is -2.20. The van der Waals surface area contributed by atoms with Crippen LogP contribution in [0.25, 0.3) is 0 Å². The Balaban J connectivity index is 0.00000280. The first kappa shape index (κ1) is 23.1. The molecule has 2 N–H and O–H groups in total. The Bertz CT molecular complexity index is 738. The summed E-state index contributed by atoms with van der Waals surface area (Å²) in [5.74, 6) is 0.806. The second kappa shape index (κ2) is 12.4. The molecule has 1 aromatic heterocycles. The molecule has 0 bridgehead atoms. The Kier molecular flexibility index (Phi) is 10.2. The topological polar surface area (TPSA) is 52.6 Å². The smallest absolute Gasteiger partial charge is 0.191 e. The van der Waals surface area contributed by atoms with Gasteiger partial charge in [-0.15, -0.1) is 35.3 Å². The van der Waals surface area contributed by atoms with Crippen LogP contribution in [0.5, 0.6) is 0 Å². The fourth-order valence-electron chi connectivity index (χ4n) is 3.44. The van der Waals surface area contributed by atoms with E-state index in [0.29, 0.717) is 6.54 Å². The van der Waals surface area contributed by atoms with Crippen LogP contribution in [-0.2, 0) is 19.6 Å². The number of hydrogen-bond acceptors (Lipinski definition) is 4. The summed E-state index contributed by atoms with van der Waals surface area (Å²) in [5, 5.41) is 7.82. The molecule has 0 unspecified atom stereocenters. The summed E-state index contributed by atoms with van der Waals surface area (Å²) in [7, 11) is 1.80. The van der Waals surface area contributed by atoms with Gasteiger partial charge in [-0.2, -0.15) is 0 Å². The summed E-state index contributed by atoms with van der Waals surface area (Å²) < 4.78 is 0. The molecule has 0 radical (unpaired) electrons. The van der Waals surface area contributed by atoms with E-state index >= 15 is 0 Å². The third kappa shape index (κ3) is 7.67. The Hall–Kier alpha value is -1.19. The molecule has 1 saturated heterocycles. The third-order valence-electron chi connectivity index (χ3n) is 4.86. The Morgan fingerprint density at radius 3 is 2.50 bits per heavy atom. The van der Waals surface area contributed by atoms with Gasteiger partial charge in [-0.1, -0.05) is 37.1 Å². The van der Waals surface area contributed by atoms with Crippen molar-refractivity contribution in [3.63, 3.8) is 0 Å². The van der Waals surface area contributed by atoms with Crippen molar-refractivity contribution >= 4 is 41.3 Å². The molecule has 2 aromatic rings. The van der Waals surface area contributed by atoms with E-state index in [2.05, 4.69) is 56.7 Å². The first-order chi connectivity index (χ1) is 13.2. The average Bonchev–Trinajstić information content (AvgIpc) is 2.93. The van der Waals surface area contributed by atoms with Gasteiger partial charge in [-0.3, -0.25) is 9.89 Å². The van der Waals surface area contributed by atoms with E-state index in [1.54, 1.807) is 18.4 Å². The Morgan fingerprint density at radius 2 is 1.82 bits per heavy atom. The third-order valence-corrected chi connectivity index (χ3v) is 5.77. The van der Waals surface area contributed by atoms with Crippen molar-refractivity contribution in [2.24, 2.45) is 4.99 Å². The number of hydrogen-bond donors (Lipinski definition) is 2. The molecule has 2 heterocycles. The summed E-state index contributed by atoms with van der Waals surface area (Å²) in [6.07, 6.45) is 7.34. The minimum Gasteiger partial charge on any atom is -0.352 e. The molecule has 0 saturated carbocycles. The number of benzene rings is 1. The van der Waals surface area contributed by atoms with Gasteiger partial charge >= 0.3 is 0 Å². The van der Waals surface area contributed by atoms with Crippen molar-refractivity contribution in [2.75, 3.05) is 20.1 Å². The number of aryl methyl sites for hydroxylation is 1. The molecule has 1 aliphatic heterocycles. The number of thiazole rings is 1. The van der Waals surface area contributed by atoms with Crippen LogP contribution in [0, 0.1) is 6.92 Å². The van der Waals surface area contributed by atoms with Crippen LogP contribution in [-0.4, -0.2) is 36.0 Å². The normalized spacial score (nSPS) is 15.6. The van der Waals surface area contributed by atoms with Crippen molar-refractivity contribution in [3.05, 3.63) is 51.5 Å². The molecule has 1 aromatic carbocycles. The molecular formula is C21H32IN5S. The van der Waals surface area contributed by atoms with E-state index in [-0.39, 0.29) is 24.0 Å². The number of nitrogens with zero attached hydrogens (tertiary/aromatic N) is 3. The SMILES string of the molecule is CN=C(NCc1cccc(CN2CCCCCC2)c1)NCc1ncc(C)s1.I. The molecule has 1 aliphatic rings. The van der Waals surface area contributed by atoms with E-state index in [4.69, 9.17) is 0 Å². The molecule has 7 heteroatoms. The molecule has 5 nitrogen and oxygen atoms in total. The minimum absolute atomic E-state index is 0. The van der Waals surface area contributed by atoms with Crippen LogP contribution >= 0.6 is 35.3 Å². The zero-order valence-corrected chi connectivity index (χ0v) is 20.1. The maximum atomic E-state index is 4.38. The summed E-state index contributed by atoms with van der Waals surface area (Å²) >= 11 is 1.71. The number of aromatic nitrogens is 1. The lowest BCUT2D eigenvalue weighted by molar-refractivity contribution is 0.277. The molecule has 0 atom stereocenters. The van der Waals surface area contributed by atoms with Gasteiger partial charge in [0.2, 0.25) is 0 Å². The highest BCUT2D eigenvalue weighted by Gasteiger charge is 2.10. The molecule has 0 aliphatic carbocycles. The average molecular weight is 513 g/mol. The van der Waals surface area contributed by atoms with Crippen LogP contribution in [0.2, 0.25) is 0 Å². The van der Waals surface area contributed by atoms with Gasteiger partial charge in [0.1, 0.15) is 5.01 Å². The highest BCUT2D eigenvalue weighted by molar-refractivity contribution is 14.0. The van der Waals surface area contributed by atoms with Gasteiger partial charge < -0.3 is 10.6 Å². The number of guanidine groups is 1. The van der Waals surface area contributed by atoms with Crippen LogP contribution < -0.4 is 10.6 Å². The van der Waals surface area contributed by atoms with Gasteiger partial charge in [0, 0.05) is 31.2 Å². The molecule has 154 valence electrons. The number of likely N-dealkylation sites (tertiary alicyclic amines) is 1. The number of halogens is 1. The number of nitrogens with one attached hydrogen (secondary N) is 2. The molecule has 0 amide bonds. The van der Waals surface area contributed by atoms with Crippen molar-refractivity contribution in [1.82, 2.24) is 20.5 Å². The largest absolute Gasteiger partial charge is 0.352 e. The first-order valence-electron chi connectivity index (χ1n) is 9.89. The fraction of sp³-hybridized carbons (Fsp3) is 0.524. The van der Waals surface area contributed by atoms with E-state index < -0.39 is 0 Å². The molecule has 0 spiro atoms. The van der Waals surface area contributed by atoms with E-state index in [0.717, 1.165) is 24.1 Å². The predicted molar refractivity (Wildman–Crippen MR) is 129 cm³/mol. The Labute approximate surface area is 190 Å². The van der Waals surface area contributed by atoms with E-state index in [1.807, 2.05) is 6.20 Å². The number of aliphatic imine (C=N–C) groups is 1. The van der Waals surface area contributed by atoms with Crippen molar-refractivity contribution < 1.29 is 0 Å². The van der Waals surface area contributed by atoms with E-state index in [1.165, 1.54) is 54.8 Å². The van der Waals surface area contributed by atoms with Crippen molar-refractivity contribution in [2.45, 2.75) is 52.2 Å². The molecule has 3 rings (SSSR count). The Morgan fingerprint density at radius 1 is 1.11 bits per heavy atom. The highest BCUT2D eigenvalue weighted by atomic mass is 127. The zero-order valence-electron chi connectivity index (χ0n) is 16.9. The zero-order chi connectivity index (χ0) is 18.9. The van der Waals surface area contributed by atoms with Gasteiger partial charge in [0.15, 0.2) is 5.96 Å². The van der Waals surface area contributed by atoms with E-state index in [9.17, 15) is 0 Å². The van der Waals surface area contributed by atoms with Gasteiger partial charge in [-0.05, 0) is 44.0 Å². The van der Waals surface area contributed by atoms with Crippen molar-refractivity contribution in [3.8, 4) is 0 Å². The monoisotopic (exact) mass is 513 g/mol. The molecule has 28 heavy (non-hydrogen) atoms. The van der Waals surface area contributed by atoms with Gasteiger partial charge in [0.05, 0.1) is 6.54 Å². The molecule has 1 fully saturated rings. The quantitative estimate of drug-likeness (QED) is 0.344. The highest BCUT2D eigenvalue weighted by Crippen LogP contribution is 2.14. The first-order valence-corrected chi connectivity index (χ1v) is 10.7. The number of rotatable bonds is 6. The lowest BCUT2D eigenvalue weighted by Crippen LogP contribution is -2.36. The van der Waals surface area contributed by atoms with Crippen LogP contribution in [0.1, 0.15) is 46.7 Å². The van der Waals surface area contributed by atoms with Crippen LogP contribution in [0.4, 0.5) is 0 Å². The van der Waals surface area contributed by atoms with Gasteiger partial charge in [0.25, 0.3) is 0 Å². The molecular weight excluding hydrogens is 481 g/mol. The second-order valence-corrected chi connectivity index (χ2v) is 8.47. The van der Waals surface area contributed by atoms with Gasteiger partial charge in [-0.25, -0.2) is 4.98 Å². The lowest BCUT2D eigenvalue weighted by atomic mass is 10.1. The summed E-state index contributed by atoms with van der Waals surface area (Å²) in [6.45, 7) is 7.07. The fourth-order valence-corrected chi connectivity index (χ4v) is 4.17. The minimum atomic E-state index is 0. The second-order valence-electron chi connectivity index (χ2n) is 7.15. The maximum absolute atomic E-state index is 4.38. The van der Waals surface area contributed by atoms with Crippen LogP contribution in [0.3, 0.4) is 0 Å². The predicted octanol–water partition coefficient (Wildman–Crippen LogP) is 4.31.